The first-order chi connectivity index (χ1) is 29.4. The number of hydrogen-bond donors (Lipinski definition) is 7. The Morgan fingerprint density at radius 2 is 1.29 bits per heavy atom. The van der Waals surface area contributed by atoms with E-state index in [0.29, 0.717) is 30.4 Å². The van der Waals surface area contributed by atoms with Gasteiger partial charge in [-0.25, -0.2) is 0 Å². The van der Waals surface area contributed by atoms with Crippen molar-refractivity contribution in [2.24, 2.45) is 20.4 Å². The number of allylic oxidation sites excluding steroid dienone is 3. The van der Waals surface area contributed by atoms with Crippen molar-refractivity contribution in [3.63, 3.8) is 0 Å². The van der Waals surface area contributed by atoms with Gasteiger partial charge in [-0.2, -0.15) is 35.5 Å². The van der Waals surface area contributed by atoms with E-state index in [-0.39, 0.29) is 27.8 Å². The van der Waals surface area contributed by atoms with E-state index in [1.165, 1.54) is 24.3 Å². The highest BCUT2D eigenvalue weighted by atomic mass is 35.5. The van der Waals surface area contributed by atoms with Gasteiger partial charge in [-0.15, -0.1) is 10.2 Å². The van der Waals surface area contributed by atoms with Crippen molar-refractivity contribution in [3.8, 4) is 0 Å². The van der Waals surface area contributed by atoms with Crippen LogP contribution in [0.5, 0.6) is 0 Å². The molecule has 4 aromatic rings. The number of anilines is 4. The maximum atomic E-state index is 13.9. The third-order valence-corrected chi connectivity index (χ3v) is 11.3. The first-order valence-electron chi connectivity index (χ1n) is 16.6. The lowest BCUT2D eigenvalue weighted by Gasteiger charge is -2.18. The Hall–Kier alpha value is -7.60. The van der Waals surface area contributed by atoms with E-state index in [1.54, 1.807) is 0 Å². The molecule has 2 aliphatic carbocycles. The number of nitro benzene ring substituents is 2. The number of hydrazone groups is 2. The molecule has 0 saturated carbocycles. The zero-order valence-electron chi connectivity index (χ0n) is 30.6. The minimum atomic E-state index is -5.31. The van der Waals surface area contributed by atoms with Crippen molar-refractivity contribution in [2.45, 2.75) is 9.79 Å². The van der Waals surface area contributed by atoms with Gasteiger partial charge in [0, 0.05) is 42.1 Å². The second kappa shape index (κ2) is 17.0. The highest BCUT2D eigenvalue weighted by Crippen LogP contribution is 2.37. The van der Waals surface area contributed by atoms with Gasteiger partial charge in [0.15, 0.2) is 5.71 Å². The van der Waals surface area contributed by atoms with Gasteiger partial charge < -0.3 is 10.4 Å². The molecule has 6 rings (SSSR count). The molecule has 0 aromatic heterocycles. The molecule has 0 radical (unpaired) electrons. The van der Waals surface area contributed by atoms with E-state index in [1.807, 2.05) is 0 Å². The van der Waals surface area contributed by atoms with Crippen molar-refractivity contribution in [1.82, 2.24) is 0 Å². The third-order valence-electron chi connectivity index (χ3n) is 8.36. The summed E-state index contributed by atoms with van der Waals surface area (Å²) in [5, 5.41) is 50.5. The molecule has 0 aliphatic heterocycles. The van der Waals surface area contributed by atoms with Crippen molar-refractivity contribution in [1.29, 1.82) is 0 Å². The molecule has 0 saturated heterocycles. The van der Waals surface area contributed by atoms with Gasteiger partial charge in [0.25, 0.3) is 41.7 Å². The number of benzene rings is 4. The summed E-state index contributed by atoms with van der Waals surface area (Å²) in [5.74, 6) is -2.98. The number of hydrogen-bond acceptors (Lipinski definition) is 20. The average Bonchev–Trinajstić information content (AvgIpc) is 3.19. The number of azo groups is 1. The van der Waals surface area contributed by atoms with Gasteiger partial charge in [-0.05, 0) is 60.2 Å². The normalized spacial score (nSPS) is 15.7. The van der Waals surface area contributed by atoms with Gasteiger partial charge in [0.1, 0.15) is 27.0 Å². The summed E-state index contributed by atoms with van der Waals surface area (Å²) >= 11 is 6.06. The van der Waals surface area contributed by atoms with Crippen LogP contribution in [0.4, 0.5) is 39.8 Å². The lowest BCUT2D eigenvalue weighted by atomic mass is 9.93. The van der Waals surface area contributed by atoms with Gasteiger partial charge in [-0.3, -0.25) is 54.3 Å². The number of carbonyl (C=O) groups is 2. The van der Waals surface area contributed by atoms with Gasteiger partial charge in [-0.1, -0.05) is 11.6 Å². The third kappa shape index (κ3) is 10.1. The summed E-state index contributed by atoms with van der Waals surface area (Å²) in [6, 6.07) is 12.6. The summed E-state index contributed by atoms with van der Waals surface area (Å²) in [6.07, 6.45) is 2.21. The maximum Gasteiger partial charge on any atom is 0.296 e. The standard InChI is InChI=1S/C34H22ClN9O16S3/c35-22-11-19(43(48)49)5-7-23(22)38-42-33-31(63(58,59)60)10-16-9-21(61(52,53)54)13-27(32(16)34(33)47)41-40-26-14-25(28(45)15-29(26)46)39-37-18-3-1-17(2-4-18)36-24-8-6-20(44(50)51)12-30(24)62(55,56)57/h1-15,36-38,46H,(H,52,53,54)(H,55,56,57)(H,58,59,60). The molecule has 25 nitrogen and oxygen atoms in total. The van der Waals surface area contributed by atoms with E-state index >= 15 is 0 Å². The van der Waals surface area contributed by atoms with E-state index in [4.69, 9.17) is 11.6 Å². The smallest absolute Gasteiger partial charge is 0.296 e. The number of nitrogens with zero attached hydrogens (tertiary/aromatic N) is 6. The van der Waals surface area contributed by atoms with Crippen LogP contribution in [0, 0.1) is 20.2 Å². The topological polar surface area (TPSA) is 389 Å². The number of fused-ring (bicyclic) bond motifs is 1. The number of aliphatic hydroxyl groups excluding tert-OH is 1. The second-order valence-corrected chi connectivity index (χ2v) is 17.1. The second-order valence-electron chi connectivity index (χ2n) is 12.5. The van der Waals surface area contributed by atoms with Crippen molar-refractivity contribution < 1.29 is 63.5 Å². The lowest BCUT2D eigenvalue weighted by molar-refractivity contribution is -0.385. The fourth-order valence-electron chi connectivity index (χ4n) is 5.45. The van der Waals surface area contributed by atoms with Crippen LogP contribution >= 0.6 is 11.6 Å². The summed E-state index contributed by atoms with van der Waals surface area (Å²) < 4.78 is 102. The van der Waals surface area contributed by atoms with Crippen LogP contribution in [0.15, 0.2) is 132 Å². The largest absolute Gasteiger partial charge is 0.505 e. The van der Waals surface area contributed by atoms with Crippen molar-refractivity contribution in [2.75, 3.05) is 16.2 Å². The number of nitro groups is 2. The Morgan fingerprint density at radius 3 is 1.87 bits per heavy atom. The molecule has 29 heteroatoms. The Labute approximate surface area is 357 Å². The van der Waals surface area contributed by atoms with Crippen LogP contribution in [0.3, 0.4) is 0 Å². The average molecular weight is 944 g/mol. The molecular formula is C34H22ClN9O16S3. The van der Waals surface area contributed by atoms with Crippen LogP contribution in [0.2, 0.25) is 5.02 Å². The molecular weight excluding hydrogens is 922 g/mol. The molecule has 0 bridgehead atoms. The van der Waals surface area contributed by atoms with Gasteiger partial charge in [0.2, 0.25) is 11.6 Å². The molecule has 0 heterocycles. The molecule has 0 amide bonds. The monoisotopic (exact) mass is 943 g/mol. The Balaban J connectivity index is 1.31. The van der Waals surface area contributed by atoms with Crippen LogP contribution < -0.4 is 16.2 Å². The number of non-ortho nitro benzene ring substituents is 2. The zero-order chi connectivity index (χ0) is 46.2. The minimum Gasteiger partial charge on any atom is -0.505 e. The fourth-order valence-corrected chi connectivity index (χ4v) is 7.53. The first-order valence-corrected chi connectivity index (χ1v) is 21.3. The molecule has 0 spiro atoms. The Kier molecular flexibility index (Phi) is 12.2. The fraction of sp³-hybridized carbons (Fsp3) is 0. The predicted molar refractivity (Wildman–Crippen MR) is 221 cm³/mol. The Morgan fingerprint density at radius 1 is 0.667 bits per heavy atom. The number of halogens is 1. The number of Topliss-reactive ketones (excluding diaryl/α,β-unsaturated/α-hetero) is 1. The summed E-state index contributed by atoms with van der Waals surface area (Å²) in [6.45, 7) is 0. The van der Waals surface area contributed by atoms with Gasteiger partial charge in [0.05, 0.1) is 48.1 Å². The van der Waals surface area contributed by atoms with Crippen LogP contribution in [0.25, 0.3) is 6.08 Å². The number of carbonyl (C=O) groups excluding carboxylic acids is 2. The Bertz CT molecular complexity index is 3240. The maximum absolute atomic E-state index is 13.9. The van der Waals surface area contributed by atoms with Crippen LogP contribution in [-0.2, 0) is 35.1 Å². The van der Waals surface area contributed by atoms with Crippen molar-refractivity contribution in [3.05, 3.63) is 138 Å². The summed E-state index contributed by atoms with van der Waals surface area (Å²) in [7, 11) is -15.3. The van der Waals surface area contributed by atoms with Gasteiger partial charge >= 0.3 is 0 Å². The molecule has 0 fully saturated rings. The summed E-state index contributed by atoms with van der Waals surface area (Å²) in [5.41, 5.74) is 0.189. The highest BCUT2D eigenvalue weighted by molar-refractivity contribution is 7.91. The number of aliphatic hydroxyl groups is 1. The number of rotatable bonds is 13. The number of nitrogens with one attached hydrogen (secondary N) is 3. The number of ketones is 2. The van der Waals surface area contributed by atoms with Crippen LogP contribution in [-0.4, -0.2) is 76.9 Å². The van der Waals surface area contributed by atoms with E-state index in [2.05, 4.69) is 36.6 Å². The van der Waals surface area contributed by atoms with Crippen molar-refractivity contribution >= 4 is 111 Å². The quantitative estimate of drug-likeness (QED) is 0.0276. The minimum absolute atomic E-state index is 0.164. The molecule has 4 aromatic carbocycles. The lowest BCUT2D eigenvalue weighted by Crippen LogP contribution is -2.27. The molecule has 7 N–H and O–H groups in total. The molecule has 0 atom stereocenters. The van der Waals surface area contributed by atoms with E-state index in [0.717, 1.165) is 36.4 Å². The first kappa shape index (κ1) is 44.9. The predicted octanol–water partition coefficient (Wildman–Crippen LogP) is 5.75. The molecule has 63 heavy (non-hydrogen) atoms. The SMILES string of the molecule is O=C1C=C(O)C(N=Nc2cc(S(=O)(=O)O)cc3c2C(=O)C(=NNc2ccc([N+](=O)[O-])cc2Cl)C(S(=O)(=O)O)=C3)=CC1=NNc1ccc(Nc2ccc([N+](=O)[O-])cc2S(=O)(=O)O)cc1. The highest BCUT2D eigenvalue weighted by Gasteiger charge is 2.36. The molecule has 2 aliphatic rings. The van der Waals surface area contributed by atoms with E-state index < -0.39 is 118 Å². The zero-order valence-corrected chi connectivity index (χ0v) is 33.8. The molecule has 324 valence electrons. The summed E-state index contributed by atoms with van der Waals surface area (Å²) in [4.78, 5) is 44.4. The molecule has 0 unspecified atom stereocenters. The van der Waals surface area contributed by atoms with E-state index in [9.17, 15) is 73.8 Å². The van der Waals surface area contributed by atoms with Crippen LogP contribution in [0.1, 0.15) is 15.9 Å².